The van der Waals surface area contributed by atoms with Gasteiger partial charge in [-0.15, -0.1) is 0 Å². The fourth-order valence-corrected chi connectivity index (χ4v) is 4.21. The van der Waals surface area contributed by atoms with Gasteiger partial charge in [0.1, 0.15) is 5.15 Å². The van der Waals surface area contributed by atoms with Crippen molar-refractivity contribution in [2.75, 3.05) is 19.7 Å². The van der Waals surface area contributed by atoms with Gasteiger partial charge in [0.05, 0.1) is 17.9 Å². The number of imidazole rings is 1. The number of likely N-dealkylation sites (tertiary alicyclic amines) is 1. The van der Waals surface area contributed by atoms with Gasteiger partial charge in [-0.3, -0.25) is 14.3 Å². The molecule has 2 aliphatic rings. The maximum Gasteiger partial charge on any atom is 0.420 e. The summed E-state index contributed by atoms with van der Waals surface area (Å²) in [5.41, 5.74) is -0.835. The number of piperidine rings is 1. The number of halogens is 4. The van der Waals surface area contributed by atoms with E-state index in [2.05, 4.69) is 15.2 Å². The zero-order chi connectivity index (χ0) is 22.5. The Morgan fingerprint density at radius 2 is 1.97 bits per heavy atom. The average Bonchev–Trinajstić information content (AvgIpc) is 3.32. The van der Waals surface area contributed by atoms with E-state index in [9.17, 15) is 18.0 Å². The van der Waals surface area contributed by atoms with E-state index in [-0.39, 0.29) is 22.5 Å². The quantitative estimate of drug-likeness (QED) is 0.602. The lowest BCUT2D eigenvalue weighted by atomic mass is 10.1. The fraction of sp³-hybridized carbons (Fsp3) is 0.476. The molecule has 1 amide bonds. The minimum absolute atomic E-state index is 0.102. The first-order valence-corrected chi connectivity index (χ1v) is 10.9. The number of pyridine rings is 1. The molecule has 11 heteroatoms. The van der Waals surface area contributed by atoms with E-state index >= 15 is 0 Å². The van der Waals surface area contributed by atoms with Gasteiger partial charge < -0.3 is 9.64 Å². The first-order chi connectivity index (χ1) is 15.3. The summed E-state index contributed by atoms with van der Waals surface area (Å²) >= 11 is 6.38. The first kappa shape index (κ1) is 21.3. The molecule has 170 valence electrons. The number of alkyl halides is 3. The number of nitrogens with zero attached hydrogens (tertiary/aromatic N) is 4. The number of H-pyrrole nitrogens is 1. The molecule has 32 heavy (non-hydrogen) atoms. The zero-order valence-corrected chi connectivity index (χ0v) is 17.8. The summed E-state index contributed by atoms with van der Waals surface area (Å²) in [5.74, 6) is 0.193. The molecule has 0 aromatic carbocycles. The van der Waals surface area contributed by atoms with Crippen LogP contribution in [-0.2, 0) is 10.9 Å². The molecular formula is C21H21ClF3N5O2. The van der Waals surface area contributed by atoms with Gasteiger partial charge in [0.15, 0.2) is 11.3 Å². The highest BCUT2D eigenvalue weighted by Crippen LogP contribution is 2.37. The molecule has 1 N–H and O–H groups in total. The van der Waals surface area contributed by atoms with Gasteiger partial charge >= 0.3 is 6.18 Å². The molecule has 1 aliphatic carbocycles. The molecule has 5 rings (SSSR count). The Kier molecular flexibility index (Phi) is 5.37. The topological polar surface area (TPSA) is 75.5 Å². The third-order valence-corrected chi connectivity index (χ3v) is 6.36. The van der Waals surface area contributed by atoms with E-state index in [4.69, 9.17) is 16.3 Å². The Morgan fingerprint density at radius 3 is 2.59 bits per heavy atom. The number of aromatic nitrogens is 4. The monoisotopic (exact) mass is 467 g/mol. The van der Waals surface area contributed by atoms with Crippen LogP contribution in [0.5, 0.6) is 0 Å². The predicted octanol–water partition coefficient (Wildman–Crippen LogP) is 4.43. The molecule has 2 fully saturated rings. The molecule has 0 unspecified atom stereocenters. The van der Waals surface area contributed by atoms with Crippen LogP contribution >= 0.6 is 11.6 Å². The highest BCUT2D eigenvalue weighted by Gasteiger charge is 2.37. The van der Waals surface area contributed by atoms with Gasteiger partial charge in [0.25, 0.3) is 5.91 Å². The summed E-state index contributed by atoms with van der Waals surface area (Å²) in [5, 5.41) is 6.22. The molecule has 0 spiro atoms. The van der Waals surface area contributed by atoms with Crippen molar-refractivity contribution in [1.82, 2.24) is 24.5 Å². The molecular weight excluding hydrogens is 447 g/mol. The number of hydrogen-bond donors (Lipinski definition) is 1. The number of carbonyl (C=O) groups is 1. The van der Waals surface area contributed by atoms with E-state index in [1.165, 1.54) is 31.4 Å². The fourth-order valence-electron chi connectivity index (χ4n) is 3.96. The minimum Gasteiger partial charge on any atom is -0.378 e. The van der Waals surface area contributed by atoms with Crippen LogP contribution < -0.4 is 0 Å². The van der Waals surface area contributed by atoms with Crippen molar-refractivity contribution >= 4 is 23.2 Å². The zero-order valence-electron chi connectivity index (χ0n) is 17.0. The SMILES string of the molecule is O=C(c1nc2c(C(F)(F)F)cc(-c3cn[nH]c3)cn2c1Cl)N1CCC(OCC2CC2)CC1. The first-order valence-electron chi connectivity index (χ1n) is 10.5. The maximum atomic E-state index is 13.8. The molecule has 0 bridgehead atoms. The van der Waals surface area contributed by atoms with Gasteiger partial charge in [0, 0.05) is 43.2 Å². The Morgan fingerprint density at radius 1 is 1.22 bits per heavy atom. The van der Waals surface area contributed by atoms with Crippen molar-refractivity contribution in [2.45, 2.75) is 38.0 Å². The van der Waals surface area contributed by atoms with Crippen molar-refractivity contribution in [3.63, 3.8) is 0 Å². The average molecular weight is 468 g/mol. The van der Waals surface area contributed by atoms with Crippen molar-refractivity contribution < 1.29 is 22.7 Å². The van der Waals surface area contributed by atoms with Gasteiger partial charge in [-0.25, -0.2) is 4.98 Å². The van der Waals surface area contributed by atoms with E-state index in [0.717, 1.165) is 17.1 Å². The van der Waals surface area contributed by atoms with Crippen molar-refractivity contribution in [3.05, 3.63) is 41.1 Å². The van der Waals surface area contributed by atoms with Crippen LogP contribution in [-0.4, -0.2) is 56.2 Å². The summed E-state index contributed by atoms with van der Waals surface area (Å²) in [7, 11) is 0. The summed E-state index contributed by atoms with van der Waals surface area (Å²) in [4.78, 5) is 18.7. The molecule has 0 radical (unpaired) electrons. The lowest BCUT2D eigenvalue weighted by Gasteiger charge is -2.31. The van der Waals surface area contributed by atoms with Crippen molar-refractivity contribution in [3.8, 4) is 11.1 Å². The number of hydrogen-bond acceptors (Lipinski definition) is 4. The highest BCUT2D eigenvalue weighted by molar-refractivity contribution is 6.33. The van der Waals surface area contributed by atoms with E-state index < -0.39 is 23.3 Å². The lowest BCUT2D eigenvalue weighted by Crippen LogP contribution is -2.41. The standard InChI is InChI=1S/C21H21ClF3N5O2/c22-18-17(20(31)29-5-3-15(4-6-29)32-11-12-1-2-12)28-19-16(21(23,24)25)7-13(10-30(18)19)14-8-26-27-9-14/h7-10,12,15H,1-6,11H2,(H,26,27). The van der Waals surface area contributed by atoms with Crippen LogP contribution in [0.2, 0.25) is 5.15 Å². The van der Waals surface area contributed by atoms with Crippen molar-refractivity contribution in [2.24, 2.45) is 5.92 Å². The third-order valence-electron chi connectivity index (χ3n) is 6.00. The largest absolute Gasteiger partial charge is 0.420 e. The third kappa shape index (κ3) is 4.09. The number of fused-ring (bicyclic) bond motifs is 1. The molecule has 0 atom stereocenters. The number of ether oxygens (including phenoxy) is 1. The van der Waals surface area contributed by atoms with Gasteiger partial charge in [-0.2, -0.15) is 18.3 Å². The van der Waals surface area contributed by atoms with E-state index in [1.807, 2.05) is 0 Å². The van der Waals surface area contributed by atoms with Gasteiger partial charge in [0.2, 0.25) is 0 Å². The molecule has 4 heterocycles. The Labute approximate surface area is 186 Å². The van der Waals surface area contributed by atoms with E-state index in [0.29, 0.717) is 37.4 Å². The van der Waals surface area contributed by atoms with Crippen LogP contribution in [0.25, 0.3) is 16.8 Å². The summed E-state index contributed by atoms with van der Waals surface area (Å²) in [6.07, 6.45) is 3.54. The Balaban J connectivity index is 1.43. The van der Waals surface area contributed by atoms with Crippen LogP contribution in [0, 0.1) is 5.92 Å². The summed E-state index contributed by atoms with van der Waals surface area (Å²) in [6.45, 7) is 1.66. The minimum atomic E-state index is -4.67. The number of rotatable bonds is 5. The van der Waals surface area contributed by atoms with Crippen LogP contribution in [0.15, 0.2) is 24.7 Å². The van der Waals surface area contributed by atoms with Crippen LogP contribution in [0.3, 0.4) is 0 Å². The predicted molar refractivity (Wildman–Crippen MR) is 110 cm³/mol. The summed E-state index contributed by atoms with van der Waals surface area (Å²) in [6, 6.07) is 0.987. The van der Waals surface area contributed by atoms with Crippen LogP contribution in [0.1, 0.15) is 41.7 Å². The van der Waals surface area contributed by atoms with Gasteiger partial charge in [-0.05, 0) is 37.7 Å². The maximum absolute atomic E-state index is 13.8. The molecule has 7 nitrogen and oxygen atoms in total. The number of aromatic amines is 1. The normalized spacial score (nSPS) is 17.9. The molecule has 3 aromatic heterocycles. The lowest BCUT2D eigenvalue weighted by molar-refractivity contribution is -0.136. The smallest absolute Gasteiger partial charge is 0.378 e. The Hall–Kier alpha value is -2.59. The molecule has 1 saturated carbocycles. The summed E-state index contributed by atoms with van der Waals surface area (Å²) < 4.78 is 48.4. The molecule has 1 saturated heterocycles. The van der Waals surface area contributed by atoms with Gasteiger partial charge in [-0.1, -0.05) is 11.6 Å². The molecule has 1 aliphatic heterocycles. The second-order valence-corrected chi connectivity index (χ2v) is 8.70. The van der Waals surface area contributed by atoms with Crippen molar-refractivity contribution in [1.29, 1.82) is 0 Å². The second-order valence-electron chi connectivity index (χ2n) is 8.34. The number of carbonyl (C=O) groups excluding carboxylic acids is 1. The Bertz CT molecular complexity index is 1130. The second kappa shape index (κ2) is 8.08. The molecule has 3 aromatic rings. The number of amides is 1. The van der Waals surface area contributed by atoms with Crippen LogP contribution in [0.4, 0.5) is 13.2 Å². The van der Waals surface area contributed by atoms with E-state index in [1.54, 1.807) is 4.90 Å². The number of nitrogens with one attached hydrogen (secondary N) is 1. The highest BCUT2D eigenvalue weighted by atomic mass is 35.5.